The minimum atomic E-state index is 1.07. The van der Waals surface area contributed by atoms with Crippen LogP contribution in [0.5, 0.6) is 0 Å². The number of thioether (sulfide) groups is 1. The Bertz CT molecular complexity index is 202. The molecule has 0 unspecified atom stereocenters. The van der Waals surface area contributed by atoms with Crippen LogP contribution in [0.3, 0.4) is 0 Å². The molecular weight excluding hydrogens is 198 g/mol. The fraction of sp³-hybridized carbons (Fsp3) is 0.167. The Labute approximate surface area is 67.0 Å². The Hall–Kier alpha value is -0.0200. The third-order valence-corrected chi connectivity index (χ3v) is 2.65. The third kappa shape index (κ3) is 1.69. The molecule has 0 saturated heterocycles. The Balaban J connectivity index is 3.01. The predicted octanol–water partition coefficient (Wildman–Crippen LogP) is 2.57. The molecule has 0 amide bonds. The lowest BCUT2D eigenvalue weighted by atomic mass is 10.5. The van der Waals surface area contributed by atoms with Crippen LogP contribution >= 0.6 is 27.7 Å². The second kappa shape index (κ2) is 3.22. The van der Waals surface area contributed by atoms with E-state index in [1.807, 2.05) is 12.3 Å². The number of hydrogen-bond donors (Lipinski definition) is 0. The molecule has 0 spiro atoms. The van der Waals surface area contributed by atoms with Gasteiger partial charge in [0.05, 0.1) is 0 Å². The second-order valence-electron chi connectivity index (χ2n) is 1.51. The molecule has 0 aliphatic heterocycles. The highest BCUT2D eigenvalue weighted by Gasteiger charge is 1.93. The molecule has 0 bridgehead atoms. The van der Waals surface area contributed by atoms with E-state index in [1.165, 1.54) is 4.90 Å². The molecule has 48 valence electrons. The normalized spacial score (nSPS) is 9.56. The van der Waals surface area contributed by atoms with E-state index in [1.54, 1.807) is 24.2 Å². The molecule has 0 N–H and O–H groups in total. The van der Waals surface area contributed by atoms with Gasteiger partial charge in [0.2, 0.25) is 0 Å². The van der Waals surface area contributed by atoms with Crippen molar-refractivity contribution < 1.29 is 0 Å². The van der Waals surface area contributed by atoms with Gasteiger partial charge in [-0.1, -0.05) is 0 Å². The molecule has 1 aromatic heterocycles. The summed E-state index contributed by atoms with van der Waals surface area (Å²) in [7, 11) is 0. The van der Waals surface area contributed by atoms with E-state index in [4.69, 9.17) is 0 Å². The van der Waals surface area contributed by atoms with E-state index in [9.17, 15) is 0 Å². The van der Waals surface area contributed by atoms with Crippen LogP contribution in [0.1, 0.15) is 0 Å². The first-order valence-corrected chi connectivity index (χ1v) is 4.50. The summed E-state index contributed by atoms with van der Waals surface area (Å²) in [6.07, 6.45) is 5.63. The van der Waals surface area contributed by atoms with Gasteiger partial charge in [0.15, 0.2) is 0 Å². The molecule has 0 atom stereocenters. The SMILES string of the molecule is CSc1ccncc1Br. The van der Waals surface area contributed by atoms with Gasteiger partial charge in [0.1, 0.15) is 0 Å². The average Bonchev–Trinajstić information content (AvgIpc) is 1.89. The maximum atomic E-state index is 3.93. The first-order valence-electron chi connectivity index (χ1n) is 2.48. The number of rotatable bonds is 1. The predicted molar refractivity (Wildman–Crippen MR) is 43.7 cm³/mol. The van der Waals surface area contributed by atoms with Gasteiger partial charge in [-0.2, -0.15) is 0 Å². The lowest BCUT2D eigenvalue weighted by Crippen LogP contribution is -1.73. The number of pyridine rings is 1. The summed E-state index contributed by atoms with van der Waals surface area (Å²) in [5.41, 5.74) is 0. The van der Waals surface area contributed by atoms with Crippen LogP contribution in [0.25, 0.3) is 0 Å². The minimum Gasteiger partial charge on any atom is -0.263 e. The van der Waals surface area contributed by atoms with Gasteiger partial charge in [-0.25, -0.2) is 0 Å². The molecule has 3 heteroatoms. The van der Waals surface area contributed by atoms with Crippen LogP contribution in [-0.2, 0) is 0 Å². The fourth-order valence-electron chi connectivity index (χ4n) is 0.528. The standard InChI is InChI=1S/C6H6BrNS/c1-9-6-2-3-8-4-5(6)7/h2-4H,1H3. The monoisotopic (exact) mass is 203 g/mol. The summed E-state index contributed by atoms with van der Waals surface area (Å²) in [4.78, 5) is 5.16. The van der Waals surface area contributed by atoms with Crippen molar-refractivity contribution in [1.29, 1.82) is 0 Å². The van der Waals surface area contributed by atoms with Gasteiger partial charge in [0, 0.05) is 21.8 Å². The molecule has 1 aromatic rings. The quantitative estimate of drug-likeness (QED) is 0.652. The van der Waals surface area contributed by atoms with Gasteiger partial charge in [-0.05, 0) is 28.3 Å². The van der Waals surface area contributed by atoms with E-state index >= 15 is 0 Å². The van der Waals surface area contributed by atoms with E-state index in [0.717, 1.165) is 4.47 Å². The van der Waals surface area contributed by atoms with E-state index < -0.39 is 0 Å². The van der Waals surface area contributed by atoms with Crippen LogP contribution in [0.4, 0.5) is 0 Å². The van der Waals surface area contributed by atoms with Gasteiger partial charge in [-0.3, -0.25) is 4.98 Å². The fourth-order valence-corrected chi connectivity index (χ4v) is 1.71. The van der Waals surface area contributed by atoms with Crippen LogP contribution in [0.2, 0.25) is 0 Å². The summed E-state index contributed by atoms with van der Waals surface area (Å²) in [5.74, 6) is 0. The van der Waals surface area contributed by atoms with Crippen molar-refractivity contribution in [2.75, 3.05) is 6.26 Å². The maximum absolute atomic E-state index is 3.93. The van der Waals surface area contributed by atoms with Gasteiger partial charge < -0.3 is 0 Å². The zero-order valence-corrected chi connectivity index (χ0v) is 7.37. The van der Waals surface area contributed by atoms with Crippen LogP contribution in [0, 0.1) is 0 Å². The van der Waals surface area contributed by atoms with Crippen LogP contribution in [-0.4, -0.2) is 11.2 Å². The molecule has 0 saturated carbocycles. The third-order valence-electron chi connectivity index (χ3n) is 0.955. The Kier molecular flexibility index (Phi) is 2.54. The maximum Gasteiger partial charge on any atom is 0.0494 e. The van der Waals surface area contributed by atoms with Crippen molar-refractivity contribution in [3.8, 4) is 0 Å². The summed E-state index contributed by atoms with van der Waals surface area (Å²) in [6, 6.07) is 1.98. The van der Waals surface area contributed by atoms with Crippen molar-refractivity contribution >= 4 is 27.7 Å². The van der Waals surface area contributed by atoms with Gasteiger partial charge in [-0.15, -0.1) is 11.8 Å². The topological polar surface area (TPSA) is 12.9 Å². The molecular formula is C6H6BrNS. The van der Waals surface area contributed by atoms with Crippen molar-refractivity contribution in [2.24, 2.45) is 0 Å². The molecule has 1 rings (SSSR count). The van der Waals surface area contributed by atoms with Crippen LogP contribution < -0.4 is 0 Å². The summed E-state index contributed by atoms with van der Waals surface area (Å²) in [5, 5.41) is 0. The zero-order valence-electron chi connectivity index (χ0n) is 4.97. The highest BCUT2D eigenvalue weighted by Crippen LogP contribution is 2.23. The van der Waals surface area contributed by atoms with Crippen molar-refractivity contribution in [1.82, 2.24) is 4.98 Å². The number of halogens is 1. The summed E-state index contributed by atoms with van der Waals surface area (Å²) < 4.78 is 1.07. The van der Waals surface area contributed by atoms with E-state index in [2.05, 4.69) is 20.9 Å². The van der Waals surface area contributed by atoms with Gasteiger partial charge in [0.25, 0.3) is 0 Å². The lowest BCUT2D eigenvalue weighted by molar-refractivity contribution is 1.23. The molecule has 0 aliphatic carbocycles. The van der Waals surface area contributed by atoms with Crippen molar-refractivity contribution in [2.45, 2.75) is 4.90 Å². The Morgan fingerprint density at radius 1 is 1.67 bits per heavy atom. The minimum absolute atomic E-state index is 1.07. The zero-order chi connectivity index (χ0) is 6.69. The largest absolute Gasteiger partial charge is 0.263 e. The Morgan fingerprint density at radius 2 is 2.44 bits per heavy atom. The van der Waals surface area contributed by atoms with Crippen LogP contribution in [0.15, 0.2) is 27.8 Å². The van der Waals surface area contributed by atoms with Crippen molar-refractivity contribution in [3.05, 3.63) is 22.9 Å². The second-order valence-corrected chi connectivity index (χ2v) is 3.21. The van der Waals surface area contributed by atoms with E-state index in [0.29, 0.717) is 0 Å². The highest BCUT2D eigenvalue weighted by atomic mass is 79.9. The first kappa shape index (κ1) is 7.09. The number of hydrogen-bond acceptors (Lipinski definition) is 2. The van der Waals surface area contributed by atoms with Gasteiger partial charge >= 0.3 is 0 Å². The molecule has 0 radical (unpaired) electrons. The van der Waals surface area contributed by atoms with E-state index in [-0.39, 0.29) is 0 Å². The number of aromatic nitrogens is 1. The molecule has 0 aromatic carbocycles. The molecule has 1 heterocycles. The number of nitrogens with zero attached hydrogens (tertiary/aromatic N) is 1. The molecule has 1 nitrogen and oxygen atoms in total. The Morgan fingerprint density at radius 3 is 2.89 bits per heavy atom. The molecule has 9 heavy (non-hydrogen) atoms. The lowest BCUT2D eigenvalue weighted by Gasteiger charge is -1.95. The molecule has 0 aliphatic rings. The smallest absolute Gasteiger partial charge is 0.0494 e. The first-order chi connectivity index (χ1) is 4.34. The average molecular weight is 204 g/mol. The van der Waals surface area contributed by atoms with Crippen molar-refractivity contribution in [3.63, 3.8) is 0 Å². The highest BCUT2D eigenvalue weighted by molar-refractivity contribution is 9.10. The molecule has 0 fully saturated rings. The summed E-state index contributed by atoms with van der Waals surface area (Å²) in [6.45, 7) is 0. The summed E-state index contributed by atoms with van der Waals surface area (Å²) >= 11 is 5.08.